The van der Waals surface area contributed by atoms with Gasteiger partial charge in [-0.1, -0.05) is 0 Å². The van der Waals surface area contributed by atoms with E-state index in [2.05, 4.69) is 10.0 Å². The van der Waals surface area contributed by atoms with Crippen molar-refractivity contribution in [3.05, 3.63) is 24.3 Å². The van der Waals surface area contributed by atoms with Crippen LogP contribution in [-0.4, -0.2) is 54.4 Å². The minimum Gasteiger partial charge on any atom is -0.316 e. The molecule has 1 unspecified atom stereocenters. The number of sulfonamides is 2. The lowest BCUT2D eigenvalue weighted by Crippen LogP contribution is -2.33. The number of nitrogens with one attached hydrogen (secondary N) is 2. The smallest absolute Gasteiger partial charge is 0.243 e. The first-order valence-electron chi connectivity index (χ1n) is 6.52. The minimum atomic E-state index is -3.57. The third-order valence-corrected chi connectivity index (χ3v) is 6.91. The third-order valence-electron chi connectivity index (χ3n) is 3.60. The van der Waals surface area contributed by atoms with Gasteiger partial charge in [0.15, 0.2) is 0 Å². The zero-order chi connectivity index (χ0) is 15.7. The van der Waals surface area contributed by atoms with E-state index in [0.29, 0.717) is 13.1 Å². The first kappa shape index (κ1) is 16.4. The molecule has 9 heteroatoms. The van der Waals surface area contributed by atoms with Gasteiger partial charge in [-0.3, -0.25) is 0 Å². The van der Waals surface area contributed by atoms with Gasteiger partial charge in [0, 0.05) is 19.1 Å². The molecule has 7 nitrogen and oxygen atoms in total. The third kappa shape index (κ3) is 3.27. The van der Waals surface area contributed by atoms with E-state index in [4.69, 9.17) is 0 Å². The summed E-state index contributed by atoms with van der Waals surface area (Å²) in [5.41, 5.74) is 0. The molecule has 0 bridgehead atoms. The molecule has 2 N–H and O–H groups in total. The van der Waals surface area contributed by atoms with Crippen LogP contribution in [0.2, 0.25) is 0 Å². The number of likely N-dealkylation sites (N-methyl/N-ethyl adjacent to an activating group) is 1. The van der Waals surface area contributed by atoms with E-state index in [0.717, 1.165) is 6.42 Å². The second-order valence-electron chi connectivity index (χ2n) is 4.82. The highest BCUT2D eigenvalue weighted by Crippen LogP contribution is 2.22. The molecule has 0 spiro atoms. The lowest BCUT2D eigenvalue weighted by atomic mass is 10.3. The number of hydrogen-bond donors (Lipinski definition) is 2. The number of benzene rings is 1. The summed E-state index contributed by atoms with van der Waals surface area (Å²) in [6.45, 7) is 0.889. The molecule has 1 aromatic rings. The fourth-order valence-electron chi connectivity index (χ4n) is 2.24. The van der Waals surface area contributed by atoms with Crippen LogP contribution in [0.3, 0.4) is 0 Å². The number of nitrogens with zero attached hydrogens (tertiary/aromatic N) is 1. The van der Waals surface area contributed by atoms with E-state index < -0.39 is 20.0 Å². The zero-order valence-corrected chi connectivity index (χ0v) is 13.5. The maximum absolute atomic E-state index is 12.5. The predicted octanol–water partition coefficient (Wildman–Crippen LogP) is -0.423. The molecule has 1 aliphatic heterocycles. The van der Waals surface area contributed by atoms with E-state index in [9.17, 15) is 16.8 Å². The highest BCUT2D eigenvalue weighted by atomic mass is 32.2. The van der Waals surface area contributed by atoms with Gasteiger partial charge in [0.05, 0.1) is 9.79 Å². The molecular weight excluding hydrogens is 314 g/mol. The van der Waals surface area contributed by atoms with Gasteiger partial charge in [0.2, 0.25) is 20.0 Å². The highest BCUT2D eigenvalue weighted by Gasteiger charge is 2.31. The summed E-state index contributed by atoms with van der Waals surface area (Å²) in [5, 5.41) is 3.06. The van der Waals surface area contributed by atoms with Crippen molar-refractivity contribution in [2.24, 2.45) is 0 Å². The van der Waals surface area contributed by atoms with Gasteiger partial charge in [-0.05, 0) is 44.8 Å². The standard InChI is InChI=1S/C12H19N3O4S2/c1-13-10-7-8-15(9-10)21(18,19)12-5-3-11(4-6-12)20(16,17)14-2/h3-6,10,13-14H,7-9H2,1-2H3. The molecule has 0 saturated carbocycles. The second kappa shape index (κ2) is 6.01. The monoisotopic (exact) mass is 333 g/mol. The Bertz CT molecular complexity index is 699. The number of hydrogen-bond acceptors (Lipinski definition) is 5. The van der Waals surface area contributed by atoms with E-state index in [1.54, 1.807) is 7.05 Å². The molecule has 1 fully saturated rings. The fraction of sp³-hybridized carbons (Fsp3) is 0.500. The molecule has 0 aromatic heterocycles. The van der Waals surface area contributed by atoms with Gasteiger partial charge >= 0.3 is 0 Å². The van der Waals surface area contributed by atoms with Crippen molar-refractivity contribution < 1.29 is 16.8 Å². The van der Waals surface area contributed by atoms with Crippen LogP contribution < -0.4 is 10.0 Å². The van der Waals surface area contributed by atoms with Gasteiger partial charge in [-0.25, -0.2) is 21.6 Å². The summed E-state index contributed by atoms with van der Waals surface area (Å²) >= 11 is 0. The van der Waals surface area contributed by atoms with E-state index in [1.165, 1.54) is 35.6 Å². The summed E-state index contributed by atoms with van der Waals surface area (Å²) in [6, 6.07) is 5.40. The Morgan fingerprint density at radius 1 is 1.05 bits per heavy atom. The molecule has 1 saturated heterocycles. The van der Waals surface area contributed by atoms with E-state index >= 15 is 0 Å². The van der Waals surface area contributed by atoms with Crippen molar-refractivity contribution in [3.8, 4) is 0 Å². The lowest BCUT2D eigenvalue weighted by Gasteiger charge is -2.16. The molecule has 118 valence electrons. The molecular formula is C12H19N3O4S2. The van der Waals surface area contributed by atoms with Crippen molar-refractivity contribution >= 4 is 20.0 Å². The van der Waals surface area contributed by atoms with Crippen LogP contribution in [-0.2, 0) is 20.0 Å². The van der Waals surface area contributed by atoms with Crippen molar-refractivity contribution in [2.75, 3.05) is 27.2 Å². The van der Waals surface area contributed by atoms with E-state index in [-0.39, 0.29) is 15.8 Å². The number of rotatable bonds is 5. The summed E-state index contributed by atoms with van der Waals surface area (Å²) in [6.07, 6.45) is 0.766. The highest BCUT2D eigenvalue weighted by molar-refractivity contribution is 7.89. The SMILES string of the molecule is CNC1CCN(S(=O)(=O)c2ccc(S(=O)(=O)NC)cc2)C1. The Morgan fingerprint density at radius 2 is 1.62 bits per heavy atom. The topological polar surface area (TPSA) is 95.6 Å². The quantitative estimate of drug-likeness (QED) is 0.763. The fourth-order valence-corrected chi connectivity index (χ4v) is 4.47. The van der Waals surface area contributed by atoms with Crippen LogP contribution >= 0.6 is 0 Å². The summed E-state index contributed by atoms with van der Waals surface area (Å²) < 4.78 is 51.8. The van der Waals surface area contributed by atoms with Crippen LogP contribution in [0.5, 0.6) is 0 Å². The molecule has 2 rings (SSSR count). The van der Waals surface area contributed by atoms with Crippen molar-refractivity contribution in [1.82, 2.24) is 14.3 Å². The molecule has 1 atom stereocenters. The Kier molecular flexibility index (Phi) is 4.69. The van der Waals surface area contributed by atoms with E-state index in [1.807, 2.05) is 0 Å². The van der Waals surface area contributed by atoms with Gasteiger partial charge in [-0.15, -0.1) is 0 Å². The summed E-state index contributed by atoms with van der Waals surface area (Å²) in [5.74, 6) is 0. The molecule has 0 amide bonds. The molecule has 1 aromatic carbocycles. The average molecular weight is 333 g/mol. The van der Waals surface area contributed by atoms with Crippen molar-refractivity contribution in [3.63, 3.8) is 0 Å². The maximum Gasteiger partial charge on any atom is 0.243 e. The molecule has 1 heterocycles. The first-order chi connectivity index (χ1) is 9.81. The van der Waals surface area contributed by atoms with Crippen LogP contribution in [0.15, 0.2) is 34.1 Å². The Labute approximate surface area is 125 Å². The molecule has 1 aliphatic rings. The van der Waals surface area contributed by atoms with Gasteiger partial charge in [0.25, 0.3) is 0 Å². The van der Waals surface area contributed by atoms with Crippen LogP contribution in [0.25, 0.3) is 0 Å². The average Bonchev–Trinajstić information content (AvgIpc) is 2.97. The Hall–Kier alpha value is -1.00. The minimum absolute atomic E-state index is 0.0403. The Morgan fingerprint density at radius 3 is 2.10 bits per heavy atom. The van der Waals surface area contributed by atoms with Gasteiger partial charge < -0.3 is 5.32 Å². The van der Waals surface area contributed by atoms with Gasteiger partial charge in [-0.2, -0.15) is 4.31 Å². The Balaban J connectivity index is 2.26. The normalized spacial score (nSPS) is 20.8. The summed E-state index contributed by atoms with van der Waals surface area (Å²) in [4.78, 5) is 0.146. The van der Waals surface area contributed by atoms with Crippen LogP contribution in [0.4, 0.5) is 0 Å². The maximum atomic E-state index is 12.5. The first-order valence-corrected chi connectivity index (χ1v) is 9.44. The second-order valence-corrected chi connectivity index (χ2v) is 8.64. The lowest BCUT2D eigenvalue weighted by molar-refractivity contribution is 0.464. The molecule has 21 heavy (non-hydrogen) atoms. The van der Waals surface area contributed by atoms with Crippen molar-refractivity contribution in [2.45, 2.75) is 22.3 Å². The zero-order valence-electron chi connectivity index (χ0n) is 11.9. The van der Waals surface area contributed by atoms with Gasteiger partial charge in [0.1, 0.15) is 0 Å². The molecule has 0 radical (unpaired) electrons. The van der Waals surface area contributed by atoms with Crippen LogP contribution in [0.1, 0.15) is 6.42 Å². The van der Waals surface area contributed by atoms with Crippen molar-refractivity contribution in [1.29, 1.82) is 0 Å². The molecule has 0 aliphatic carbocycles. The summed E-state index contributed by atoms with van der Waals surface area (Å²) in [7, 11) is -4.02. The predicted molar refractivity (Wildman–Crippen MR) is 78.9 cm³/mol. The largest absolute Gasteiger partial charge is 0.316 e. The van der Waals surface area contributed by atoms with Crippen LogP contribution in [0, 0.1) is 0 Å².